The number of carbonyl (C=O) groups is 1. The van der Waals surface area contributed by atoms with Gasteiger partial charge in [0.1, 0.15) is 5.82 Å². The molecule has 0 atom stereocenters. The zero-order valence-corrected chi connectivity index (χ0v) is 12.2. The number of hydrogen-bond acceptors (Lipinski definition) is 2. The molecule has 0 aliphatic heterocycles. The van der Waals surface area contributed by atoms with Crippen LogP contribution in [0.1, 0.15) is 15.9 Å². The van der Waals surface area contributed by atoms with Gasteiger partial charge in [-0.05, 0) is 58.8 Å². The van der Waals surface area contributed by atoms with E-state index in [9.17, 15) is 9.18 Å². The van der Waals surface area contributed by atoms with E-state index in [0.29, 0.717) is 3.57 Å². The zero-order valence-electron chi connectivity index (χ0n) is 10.1. The van der Waals surface area contributed by atoms with Gasteiger partial charge in [-0.2, -0.15) is 0 Å². The number of nitrogen functional groups attached to an aromatic ring is 1. The lowest BCUT2D eigenvalue weighted by atomic mass is 9.97. The summed E-state index contributed by atoms with van der Waals surface area (Å²) in [5.74, 6) is -1.37. The molecule has 2 aromatic carbocycles. The third-order valence-corrected chi connectivity index (χ3v) is 3.99. The van der Waals surface area contributed by atoms with Crippen LogP contribution >= 0.6 is 22.6 Å². The summed E-state index contributed by atoms with van der Waals surface area (Å²) >= 11 is 2.02. The minimum atomic E-state index is -1.05. The maximum Gasteiger partial charge on any atom is 0.337 e. The number of aromatic carboxylic acids is 1. The first-order valence-corrected chi connectivity index (χ1v) is 6.57. The van der Waals surface area contributed by atoms with Crippen LogP contribution < -0.4 is 5.73 Å². The van der Waals surface area contributed by atoms with Crippen molar-refractivity contribution in [2.75, 3.05) is 5.73 Å². The summed E-state index contributed by atoms with van der Waals surface area (Å²) in [6, 6.07) is 7.58. The van der Waals surface area contributed by atoms with Gasteiger partial charge in [0.05, 0.1) is 11.3 Å². The maximum atomic E-state index is 12.9. The highest BCUT2D eigenvalue weighted by atomic mass is 127. The fourth-order valence-corrected chi connectivity index (χ4v) is 2.97. The molecule has 2 rings (SSSR count). The van der Waals surface area contributed by atoms with E-state index < -0.39 is 5.97 Å². The Hall–Kier alpha value is -1.63. The highest BCUT2D eigenvalue weighted by Crippen LogP contribution is 2.34. The molecule has 0 aromatic heterocycles. The smallest absolute Gasteiger partial charge is 0.337 e. The predicted molar refractivity (Wildman–Crippen MR) is 80.7 cm³/mol. The molecule has 0 aliphatic carbocycles. The largest absolute Gasteiger partial charge is 0.478 e. The Bertz CT molecular complexity index is 653. The Labute approximate surface area is 123 Å². The molecule has 0 heterocycles. The lowest BCUT2D eigenvalue weighted by Crippen LogP contribution is -2.06. The van der Waals surface area contributed by atoms with Gasteiger partial charge >= 0.3 is 5.97 Å². The predicted octanol–water partition coefficient (Wildman–Crippen LogP) is 3.69. The molecule has 0 saturated carbocycles. The van der Waals surface area contributed by atoms with E-state index in [-0.39, 0.29) is 17.1 Å². The van der Waals surface area contributed by atoms with E-state index in [1.807, 2.05) is 29.5 Å². The van der Waals surface area contributed by atoms with Gasteiger partial charge in [-0.15, -0.1) is 0 Å². The van der Waals surface area contributed by atoms with Crippen molar-refractivity contribution in [3.05, 3.63) is 50.8 Å². The van der Waals surface area contributed by atoms with Crippen molar-refractivity contribution in [1.82, 2.24) is 0 Å². The zero-order chi connectivity index (χ0) is 14.2. The van der Waals surface area contributed by atoms with Gasteiger partial charge < -0.3 is 10.8 Å². The molecule has 0 aliphatic rings. The average Bonchev–Trinajstić information content (AvgIpc) is 2.36. The first kappa shape index (κ1) is 13.8. The summed E-state index contributed by atoms with van der Waals surface area (Å²) in [6.07, 6.45) is 0. The Balaban J connectivity index is 2.68. The van der Waals surface area contributed by atoms with Crippen LogP contribution in [0, 0.1) is 16.3 Å². The highest BCUT2D eigenvalue weighted by molar-refractivity contribution is 14.1. The van der Waals surface area contributed by atoms with E-state index in [2.05, 4.69) is 0 Å². The monoisotopic (exact) mass is 371 g/mol. The van der Waals surface area contributed by atoms with Crippen molar-refractivity contribution in [2.45, 2.75) is 6.92 Å². The standard InChI is InChI=1S/C14H11FINO2/c1-7-6-10(14(18)19)13(17)12(16)11(7)8-2-4-9(15)5-3-8/h2-6H,17H2,1H3,(H,18,19). The molecule has 0 bridgehead atoms. The number of anilines is 1. The first-order chi connectivity index (χ1) is 8.91. The van der Waals surface area contributed by atoms with Gasteiger partial charge in [0, 0.05) is 9.13 Å². The molecule has 3 N–H and O–H groups in total. The minimum absolute atomic E-state index is 0.0905. The summed E-state index contributed by atoms with van der Waals surface area (Å²) in [5, 5.41) is 9.08. The van der Waals surface area contributed by atoms with E-state index >= 15 is 0 Å². The number of carboxylic acids is 1. The Kier molecular flexibility index (Phi) is 3.75. The third kappa shape index (κ3) is 2.56. The summed E-state index contributed by atoms with van der Waals surface area (Å²) in [6.45, 7) is 1.81. The molecule has 98 valence electrons. The minimum Gasteiger partial charge on any atom is -0.478 e. The second-order valence-electron chi connectivity index (χ2n) is 4.16. The van der Waals surface area contributed by atoms with Crippen LogP contribution in [-0.4, -0.2) is 11.1 Å². The topological polar surface area (TPSA) is 63.3 Å². The Morgan fingerprint density at radius 3 is 2.42 bits per heavy atom. The van der Waals surface area contributed by atoms with Gasteiger partial charge in [-0.25, -0.2) is 9.18 Å². The molecule has 3 nitrogen and oxygen atoms in total. The van der Waals surface area contributed by atoms with Crippen molar-refractivity contribution in [3.8, 4) is 11.1 Å². The van der Waals surface area contributed by atoms with Crippen LogP contribution in [0.15, 0.2) is 30.3 Å². The van der Waals surface area contributed by atoms with Crippen molar-refractivity contribution < 1.29 is 14.3 Å². The number of benzene rings is 2. The lowest BCUT2D eigenvalue weighted by Gasteiger charge is -2.13. The van der Waals surface area contributed by atoms with Crippen LogP contribution in [0.5, 0.6) is 0 Å². The second-order valence-corrected chi connectivity index (χ2v) is 5.23. The number of halogens is 2. The number of aryl methyl sites for hydroxylation is 1. The van der Waals surface area contributed by atoms with Crippen LogP contribution in [0.2, 0.25) is 0 Å². The Morgan fingerprint density at radius 2 is 1.89 bits per heavy atom. The molecular weight excluding hydrogens is 360 g/mol. The molecule has 0 saturated heterocycles. The van der Waals surface area contributed by atoms with Crippen molar-refractivity contribution in [3.63, 3.8) is 0 Å². The fourth-order valence-electron chi connectivity index (χ4n) is 1.94. The molecule has 0 radical (unpaired) electrons. The van der Waals surface area contributed by atoms with E-state index in [1.54, 1.807) is 18.2 Å². The van der Waals surface area contributed by atoms with Crippen molar-refractivity contribution >= 4 is 34.2 Å². The van der Waals surface area contributed by atoms with E-state index in [1.165, 1.54) is 12.1 Å². The number of rotatable bonds is 2. The third-order valence-electron chi connectivity index (χ3n) is 2.86. The molecule has 0 unspecified atom stereocenters. The first-order valence-electron chi connectivity index (χ1n) is 5.49. The molecule has 19 heavy (non-hydrogen) atoms. The molecular formula is C14H11FINO2. The van der Waals surface area contributed by atoms with Crippen molar-refractivity contribution in [1.29, 1.82) is 0 Å². The SMILES string of the molecule is Cc1cc(C(=O)O)c(N)c(I)c1-c1ccc(F)cc1. The molecule has 0 fully saturated rings. The molecule has 0 amide bonds. The summed E-state index contributed by atoms with van der Waals surface area (Å²) in [7, 11) is 0. The number of hydrogen-bond donors (Lipinski definition) is 2. The number of nitrogens with two attached hydrogens (primary N) is 1. The van der Waals surface area contributed by atoms with Gasteiger partial charge in [0.25, 0.3) is 0 Å². The van der Waals surface area contributed by atoms with E-state index in [0.717, 1.165) is 16.7 Å². The Morgan fingerprint density at radius 1 is 1.32 bits per heavy atom. The quantitative estimate of drug-likeness (QED) is 0.625. The van der Waals surface area contributed by atoms with Crippen molar-refractivity contribution in [2.24, 2.45) is 0 Å². The van der Waals surface area contributed by atoms with Crippen LogP contribution in [0.4, 0.5) is 10.1 Å². The normalized spacial score (nSPS) is 10.5. The fraction of sp³-hybridized carbons (Fsp3) is 0.0714. The van der Waals surface area contributed by atoms with Crippen LogP contribution in [-0.2, 0) is 0 Å². The van der Waals surface area contributed by atoms with Crippen LogP contribution in [0.3, 0.4) is 0 Å². The van der Waals surface area contributed by atoms with Gasteiger partial charge in [-0.3, -0.25) is 0 Å². The second kappa shape index (κ2) is 5.16. The average molecular weight is 371 g/mol. The van der Waals surface area contributed by atoms with Gasteiger partial charge in [0.2, 0.25) is 0 Å². The highest BCUT2D eigenvalue weighted by Gasteiger charge is 2.17. The molecule has 2 aromatic rings. The van der Waals surface area contributed by atoms with Crippen LogP contribution in [0.25, 0.3) is 11.1 Å². The molecule has 0 spiro atoms. The summed E-state index contributed by atoms with van der Waals surface area (Å²) in [5.41, 5.74) is 8.63. The molecule has 5 heteroatoms. The maximum absolute atomic E-state index is 12.9. The van der Waals surface area contributed by atoms with Gasteiger partial charge in [-0.1, -0.05) is 12.1 Å². The summed E-state index contributed by atoms with van der Waals surface area (Å²) < 4.78 is 13.6. The van der Waals surface area contributed by atoms with E-state index in [4.69, 9.17) is 10.8 Å². The van der Waals surface area contributed by atoms with Gasteiger partial charge in [0.15, 0.2) is 0 Å². The summed E-state index contributed by atoms with van der Waals surface area (Å²) in [4.78, 5) is 11.1. The number of carboxylic acid groups (broad SMARTS) is 1. The lowest BCUT2D eigenvalue weighted by molar-refractivity contribution is 0.0698.